The van der Waals surface area contributed by atoms with Crippen molar-refractivity contribution in [2.75, 3.05) is 40.5 Å². The van der Waals surface area contributed by atoms with Crippen LogP contribution in [0.3, 0.4) is 0 Å². The number of likely N-dealkylation sites (N-methyl/N-ethyl adjacent to an activating group) is 1. The van der Waals surface area contributed by atoms with Crippen molar-refractivity contribution >= 4 is 5.91 Å². The fourth-order valence-electron chi connectivity index (χ4n) is 4.93. The molecular weight excluding hydrogens is 533 g/mol. The Bertz CT molecular complexity index is 1060. The number of amides is 1. The molecular formula is C27H31F7N2O3. The van der Waals surface area contributed by atoms with Gasteiger partial charge in [0, 0.05) is 25.6 Å². The second-order valence-electron chi connectivity index (χ2n) is 9.55. The van der Waals surface area contributed by atoms with E-state index in [-0.39, 0.29) is 49.1 Å². The first kappa shape index (κ1) is 30.8. The monoisotopic (exact) mass is 564 g/mol. The summed E-state index contributed by atoms with van der Waals surface area (Å²) >= 11 is 0. The van der Waals surface area contributed by atoms with Crippen molar-refractivity contribution in [2.45, 2.75) is 49.7 Å². The number of hydrogen-bond acceptors (Lipinski definition) is 4. The fraction of sp³-hybridized carbons (Fsp3) is 0.519. The van der Waals surface area contributed by atoms with Gasteiger partial charge in [0.15, 0.2) is 0 Å². The van der Waals surface area contributed by atoms with E-state index >= 15 is 0 Å². The van der Waals surface area contributed by atoms with Crippen LogP contribution in [0.15, 0.2) is 42.5 Å². The van der Waals surface area contributed by atoms with Crippen LogP contribution < -0.4 is 5.32 Å². The van der Waals surface area contributed by atoms with E-state index in [9.17, 15) is 35.5 Å². The smallest absolute Gasteiger partial charge is 0.383 e. The third kappa shape index (κ3) is 8.64. The second kappa shape index (κ2) is 13.1. The SMILES string of the molecule is COCCNC(=O)CN(C)C1CCC(OCCc2cc(C(F)(F)F)cc(C(F)(F)F)c2)C1c1ccc(F)cc1. The van der Waals surface area contributed by atoms with E-state index < -0.39 is 35.4 Å². The molecule has 1 N–H and O–H groups in total. The number of methoxy groups -OCH3 is 1. The molecule has 39 heavy (non-hydrogen) atoms. The molecule has 216 valence electrons. The number of carbonyl (C=O) groups excluding carboxylic acids is 1. The number of alkyl halides is 6. The Morgan fingerprint density at radius 3 is 2.15 bits per heavy atom. The molecule has 2 aromatic rings. The molecule has 3 atom stereocenters. The topological polar surface area (TPSA) is 50.8 Å². The molecule has 0 saturated heterocycles. The van der Waals surface area contributed by atoms with Gasteiger partial charge in [-0.25, -0.2) is 4.39 Å². The molecule has 1 aliphatic rings. The van der Waals surface area contributed by atoms with Gasteiger partial charge in [0.05, 0.1) is 37.0 Å². The highest BCUT2D eigenvalue weighted by atomic mass is 19.4. The maximum atomic E-state index is 13.6. The van der Waals surface area contributed by atoms with Crippen molar-refractivity contribution in [1.82, 2.24) is 10.2 Å². The first-order chi connectivity index (χ1) is 18.3. The first-order valence-electron chi connectivity index (χ1n) is 12.4. The number of carbonyl (C=O) groups is 1. The first-order valence-corrected chi connectivity index (χ1v) is 12.4. The third-order valence-electron chi connectivity index (χ3n) is 6.77. The number of hydrogen-bond donors (Lipinski definition) is 1. The molecule has 3 unspecified atom stereocenters. The molecule has 1 amide bonds. The van der Waals surface area contributed by atoms with Gasteiger partial charge in [0.2, 0.25) is 5.91 Å². The van der Waals surface area contributed by atoms with Crippen molar-refractivity contribution in [2.24, 2.45) is 0 Å². The van der Waals surface area contributed by atoms with E-state index in [1.807, 2.05) is 4.90 Å². The van der Waals surface area contributed by atoms with Gasteiger partial charge in [-0.15, -0.1) is 0 Å². The van der Waals surface area contributed by atoms with Crippen LogP contribution in [0.1, 0.15) is 41.0 Å². The number of nitrogens with zero attached hydrogens (tertiary/aromatic N) is 1. The van der Waals surface area contributed by atoms with Crippen LogP contribution in [0.25, 0.3) is 0 Å². The Hall–Kier alpha value is -2.70. The summed E-state index contributed by atoms with van der Waals surface area (Å²) in [6.45, 7) is 0.689. The molecule has 0 bridgehead atoms. The van der Waals surface area contributed by atoms with Gasteiger partial charge < -0.3 is 14.8 Å². The second-order valence-corrected chi connectivity index (χ2v) is 9.55. The van der Waals surface area contributed by atoms with Crippen LogP contribution in [0, 0.1) is 5.82 Å². The standard InChI is InChI=1S/C27H31F7N2O3/c1-36(16-24(37)35-10-12-38-2)22-7-8-23(25(22)18-3-5-21(28)6-4-18)39-11-9-17-13-19(26(29,30)31)15-20(14-17)27(32,33)34/h3-6,13-15,22-23,25H,7-12,16H2,1-2H3,(H,35,37). The average molecular weight is 565 g/mol. The van der Waals surface area contributed by atoms with Crippen LogP contribution in [0.2, 0.25) is 0 Å². The maximum Gasteiger partial charge on any atom is 0.416 e. The summed E-state index contributed by atoms with van der Waals surface area (Å²) in [6, 6.07) is 7.16. The van der Waals surface area contributed by atoms with E-state index in [2.05, 4.69) is 5.32 Å². The van der Waals surface area contributed by atoms with Crippen LogP contribution in [-0.4, -0.2) is 63.4 Å². The van der Waals surface area contributed by atoms with Crippen molar-refractivity contribution in [3.8, 4) is 0 Å². The predicted molar refractivity (Wildman–Crippen MR) is 130 cm³/mol. The summed E-state index contributed by atoms with van der Waals surface area (Å²) < 4.78 is 104. The van der Waals surface area contributed by atoms with E-state index in [1.54, 1.807) is 19.2 Å². The fourth-order valence-corrected chi connectivity index (χ4v) is 4.93. The van der Waals surface area contributed by atoms with Gasteiger partial charge in [-0.3, -0.25) is 9.69 Å². The predicted octanol–water partition coefficient (Wildman–Crippen LogP) is 5.43. The lowest BCUT2D eigenvalue weighted by molar-refractivity contribution is -0.143. The zero-order valence-corrected chi connectivity index (χ0v) is 21.5. The number of nitrogens with one attached hydrogen (secondary N) is 1. The summed E-state index contributed by atoms with van der Waals surface area (Å²) in [6.07, 6.45) is -9.29. The molecule has 1 saturated carbocycles. The Morgan fingerprint density at radius 1 is 0.974 bits per heavy atom. The number of halogens is 7. The Kier molecular flexibility index (Phi) is 10.4. The molecule has 5 nitrogen and oxygen atoms in total. The summed E-state index contributed by atoms with van der Waals surface area (Å²) in [7, 11) is 3.30. The van der Waals surface area contributed by atoms with Crippen molar-refractivity contribution in [1.29, 1.82) is 0 Å². The molecule has 2 aromatic carbocycles. The largest absolute Gasteiger partial charge is 0.416 e. The third-order valence-corrected chi connectivity index (χ3v) is 6.77. The lowest BCUT2D eigenvalue weighted by Crippen LogP contribution is -2.43. The highest BCUT2D eigenvalue weighted by Crippen LogP contribution is 2.40. The molecule has 1 fully saturated rings. The van der Waals surface area contributed by atoms with Gasteiger partial charge in [-0.2, -0.15) is 26.3 Å². The van der Waals surface area contributed by atoms with Crippen molar-refractivity contribution in [3.05, 3.63) is 70.5 Å². The average Bonchev–Trinajstić information content (AvgIpc) is 3.27. The van der Waals surface area contributed by atoms with E-state index in [0.29, 0.717) is 38.1 Å². The Balaban J connectivity index is 1.74. The molecule has 0 aromatic heterocycles. The molecule has 0 aliphatic heterocycles. The molecule has 12 heteroatoms. The Morgan fingerprint density at radius 2 is 1.59 bits per heavy atom. The summed E-state index contributed by atoms with van der Waals surface area (Å²) in [5, 5.41) is 2.75. The molecule has 0 radical (unpaired) electrons. The van der Waals surface area contributed by atoms with Gasteiger partial charge in [-0.1, -0.05) is 12.1 Å². The van der Waals surface area contributed by atoms with Gasteiger partial charge >= 0.3 is 12.4 Å². The van der Waals surface area contributed by atoms with Gasteiger partial charge in [-0.05, 0) is 67.8 Å². The lowest BCUT2D eigenvalue weighted by Gasteiger charge is -2.32. The minimum absolute atomic E-state index is 0.0866. The van der Waals surface area contributed by atoms with E-state index in [1.165, 1.54) is 19.2 Å². The summed E-state index contributed by atoms with van der Waals surface area (Å²) in [5.41, 5.74) is -2.13. The number of rotatable bonds is 11. The quantitative estimate of drug-likeness (QED) is 0.292. The normalized spacial score (nSPS) is 20.0. The maximum absolute atomic E-state index is 13.6. The van der Waals surface area contributed by atoms with E-state index in [0.717, 1.165) is 5.56 Å². The van der Waals surface area contributed by atoms with Crippen LogP contribution in [0.5, 0.6) is 0 Å². The van der Waals surface area contributed by atoms with E-state index in [4.69, 9.17) is 9.47 Å². The van der Waals surface area contributed by atoms with Crippen LogP contribution in [0.4, 0.5) is 30.7 Å². The van der Waals surface area contributed by atoms with Gasteiger partial charge in [0.25, 0.3) is 0 Å². The zero-order chi connectivity index (χ0) is 28.8. The van der Waals surface area contributed by atoms with Crippen LogP contribution in [-0.2, 0) is 33.0 Å². The minimum atomic E-state index is -4.93. The molecule has 1 aliphatic carbocycles. The van der Waals surface area contributed by atoms with Crippen molar-refractivity contribution < 1.29 is 45.0 Å². The summed E-state index contributed by atoms with van der Waals surface area (Å²) in [5.74, 6) is -0.932. The van der Waals surface area contributed by atoms with Crippen molar-refractivity contribution in [3.63, 3.8) is 0 Å². The van der Waals surface area contributed by atoms with Gasteiger partial charge in [0.1, 0.15) is 5.82 Å². The Labute approximate surface area is 222 Å². The summed E-state index contributed by atoms with van der Waals surface area (Å²) in [4.78, 5) is 14.2. The minimum Gasteiger partial charge on any atom is -0.383 e. The molecule has 3 rings (SSSR count). The number of benzene rings is 2. The molecule has 0 spiro atoms. The van der Waals surface area contributed by atoms with Crippen LogP contribution >= 0.6 is 0 Å². The molecule has 0 heterocycles. The highest BCUT2D eigenvalue weighted by Gasteiger charge is 2.41. The zero-order valence-electron chi connectivity index (χ0n) is 21.5. The number of ether oxygens (including phenoxy) is 2. The lowest BCUT2D eigenvalue weighted by atomic mass is 9.91. The highest BCUT2D eigenvalue weighted by molar-refractivity contribution is 5.78.